The van der Waals surface area contributed by atoms with Crippen LogP contribution in [-0.2, 0) is 24.9 Å². The molecule has 2 aromatic rings. The van der Waals surface area contributed by atoms with E-state index in [2.05, 4.69) is 5.32 Å². The van der Waals surface area contributed by atoms with Gasteiger partial charge in [0.1, 0.15) is 12.1 Å². The zero-order valence-electron chi connectivity index (χ0n) is 17.9. The van der Waals surface area contributed by atoms with Crippen molar-refractivity contribution in [2.24, 2.45) is 0 Å². The van der Waals surface area contributed by atoms with Crippen LogP contribution in [0.4, 0.5) is 4.79 Å². The standard InChI is InChI=1S/C22H27N5O4/c1-14(2)23-21(30)26-8-5-22(13-26)6-9-27-19(29)16-11-25(7-3-17(16)24-20(22)27)18(28)15-4-10-31-12-15/h4,10,12,14H,3,5-9,11,13H2,1-2H3,(H,23,30). The Bertz CT molecular complexity index is 1090. The molecule has 0 bridgehead atoms. The Hall–Kier alpha value is -3.10. The van der Waals surface area contributed by atoms with Crippen molar-refractivity contribution in [3.63, 3.8) is 0 Å². The van der Waals surface area contributed by atoms with Gasteiger partial charge < -0.3 is 19.5 Å². The summed E-state index contributed by atoms with van der Waals surface area (Å²) in [7, 11) is 0. The summed E-state index contributed by atoms with van der Waals surface area (Å²) in [6, 6.07) is 1.66. The first-order valence-corrected chi connectivity index (χ1v) is 10.9. The van der Waals surface area contributed by atoms with Gasteiger partial charge in [-0.15, -0.1) is 0 Å². The molecule has 3 aliphatic rings. The highest BCUT2D eigenvalue weighted by Gasteiger charge is 2.48. The van der Waals surface area contributed by atoms with Gasteiger partial charge in [-0.1, -0.05) is 0 Å². The first-order valence-electron chi connectivity index (χ1n) is 10.9. The van der Waals surface area contributed by atoms with Crippen LogP contribution in [0.15, 0.2) is 27.8 Å². The van der Waals surface area contributed by atoms with E-state index < -0.39 is 0 Å². The molecule has 1 spiro atoms. The van der Waals surface area contributed by atoms with Gasteiger partial charge in [-0.05, 0) is 32.8 Å². The van der Waals surface area contributed by atoms with Crippen LogP contribution in [0.25, 0.3) is 0 Å². The fourth-order valence-electron chi connectivity index (χ4n) is 5.08. The maximum Gasteiger partial charge on any atom is 0.317 e. The Morgan fingerprint density at radius 2 is 2.00 bits per heavy atom. The molecule has 0 radical (unpaired) electrons. The van der Waals surface area contributed by atoms with Crippen molar-refractivity contribution in [2.75, 3.05) is 19.6 Å². The molecule has 1 N–H and O–H groups in total. The van der Waals surface area contributed by atoms with Crippen LogP contribution in [-0.4, -0.2) is 57.0 Å². The van der Waals surface area contributed by atoms with Gasteiger partial charge >= 0.3 is 6.03 Å². The minimum Gasteiger partial charge on any atom is -0.472 e. The van der Waals surface area contributed by atoms with E-state index in [1.165, 1.54) is 12.5 Å². The second-order valence-electron chi connectivity index (χ2n) is 9.11. The summed E-state index contributed by atoms with van der Waals surface area (Å²) < 4.78 is 6.79. The number of nitrogens with zero attached hydrogens (tertiary/aromatic N) is 4. The molecule has 0 aliphatic carbocycles. The molecule has 0 aromatic carbocycles. The number of urea groups is 1. The summed E-state index contributed by atoms with van der Waals surface area (Å²) in [5.41, 5.74) is 1.58. The molecule has 1 saturated heterocycles. The molecule has 2 aromatic heterocycles. The van der Waals surface area contributed by atoms with E-state index >= 15 is 0 Å². The topological polar surface area (TPSA) is 101 Å². The summed E-state index contributed by atoms with van der Waals surface area (Å²) in [5, 5.41) is 2.96. The predicted molar refractivity (Wildman–Crippen MR) is 112 cm³/mol. The minimum atomic E-state index is -0.258. The molecule has 31 heavy (non-hydrogen) atoms. The Morgan fingerprint density at radius 3 is 2.74 bits per heavy atom. The molecular formula is C22H27N5O4. The highest BCUT2D eigenvalue weighted by molar-refractivity contribution is 5.93. The molecule has 1 fully saturated rings. The van der Waals surface area contributed by atoms with Gasteiger partial charge in [0.25, 0.3) is 11.5 Å². The molecule has 3 aliphatic heterocycles. The molecule has 164 valence electrons. The monoisotopic (exact) mass is 425 g/mol. The van der Waals surface area contributed by atoms with Gasteiger partial charge in [-0.3, -0.25) is 14.2 Å². The quantitative estimate of drug-likeness (QED) is 0.786. The second-order valence-corrected chi connectivity index (χ2v) is 9.11. The van der Waals surface area contributed by atoms with Crippen molar-refractivity contribution in [3.05, 3.63) is 51.6 Å². The third kappa shape index (κ3) is 3.23. The Kier molecular flexibility index (Phi) is 4.64. The summed E-state index contributed by atoms with van der Waals surface area (Å²) >= 11 is 0. The van der Waals surface area contributed by atoms with E-state index in [4.69, 9.17) is 9.40 Å². The number of furan rings is 1. The van der Waals surface area contributed by atoms with Gasteiger partial charge in [0, 0.05) is 44.1 Å². The lowest BCUT2D eigenvalue weighted by Gasteiger charge is -2.29. The summed E-state index contributed by atoms with van der Waals surface area (Å²) in [5.74, 6) is 0.675. The van der Waals surface area contributed by atoms with Gasteiger partial charge in [0.2, 0.25) is 0 Å². The van der Waals surface area contributed by atoms with Crippen LogP contribution < -0.4 is 10.9 Å². The van der Waals surface area contributed by atoms with E-state index in [0.717, 1.165) is 24.4 Å². The first kappa shape index (κ1) is 19.8. The Balaban J connectivity index is 1.41. The zero-order valence-corrected chi connectivity index (χ0v) is 17.9. The van der Waals surface area contributed by atoms with Crippen LogP contribution in [0.3, 0.4) is 0 Å². The number of fused-ring (bicyclic) bond motifs is 3. The molecule has 9 nitrogen and oxygen atoms in total. The van der Waals surface area contributed by atoms with E-state index in [1.807, 2.05) is 18.7 Å². The number of hydrogen-bond acceptors (Lipinski definition) is 5. The average Bonchev–Trinajstić information content (AvgIpc) is 3.49. The molecule has 3 amide bonds. The van der Waals surface area contributed by atoms with Crippen LogP contribution >= 0.6 is 0 Å². The normalized spacial score (nSPS) is 22.2. The van der Waals surface area contributed by atoms with Gasteiger partial charge in [-0.25, -0.2) is 9.78 Å². The summed E-state index contributed by atoms with van der Waals surface area (Å²) in [4.78, 5) is 47.0. The maximum atomic E-state index is 13.3. The molecule has 0 saturated carbocycles. The van der Waals surface area contributed by atoms with Gasteiger partial charge in [-0.2, -0.15) is 0 Å². The largest absolute Gasteiger partial charge is 0.472 e. The van der Waals surface area contributed by atoms with Gasteiger partial charge in [0.05, 0.1) is 29.6 Å². The maximum absolute atomic E-state index is 13.3. The Morgan fingerprint density at radius 1 is 1.19 bits per heavy atom. The van der Waals surface area contributed by atoms with Crippen molar-refractivity contribution >= 4 is 11.9 Å². The lowest BCUT2D eigenvalue weighted by molar-refractivity contribution is 0.0731. The first-order chi connectivity index (χ1) is 14.9. The average molecular weight is 425 g/mol. The van der Waals surface area contributed by atoms with Crippen molar-refractivity contribution in [2.45, 2.75) is 57.7 Å². The van der Waals surface area contributed by atoms with E-state index in [9.17, 15) is 14.4 Å². The zero-order chi connectivity index (χ0) is 21.8. The lowest BCUT2D eigenvalue weighted by Crippen LogP contribution is -2.44. The minimum absolute atomic E-state index is 0.0494. The molecule has 9 heteroatoms. The van der Waals surface area contributed by atoms with Crippen LogP contribution in [0, 0.1) is 0 Å². The highest BCUT2D eigenvalue weighted by Crippen LogP contribution is 2.41. The number of amides is 3. The summed E-state index contributed by atoms with van der Waals surface area (Å²) in [6.45, 7) is 6.53. The lowest BCUT2D eigenvalue weighted by atomic mass is 9.85. The smallest absolute Gasteiger partial charge is 0.317 e. The number of carbonyl (C=O) groups excluding carboxylic acids is 2. The van der Waals surface area contributed by atoms with Crippen LogP contribution in [0.1, 0.15) is 54.1 Å². The number of aromatic nitrogens is 2. The van der Waals surface area contributed by atoms with Crippen molar-refractivity contribution in [1.82, 2.24) is 24.7 Å². The van der Waals surface area contributed by atoms with E-state index in [1.54, 1.807) is 15.5 Å². The fourth-order valence-corrected chi connectivity index (χ4v) is 5.08. The SMILES string of the molecule is CC(C)NC(=O)N1CCC2(CCn3c2nc2c(c3=O)CN(C(=O)c3ccoc3)CC2)C1. The van der Waals surface area contributed by atoms with Crippen molar-refractivity contribution in [3.8, 4) is 0 Å². The number of rotatable bonds is 2. The van der Waals surface area contributed by atoms with E-state index in [0.29, 0.717) is 43.7 Å². The van der Waals surface area contributed by atoms with E-state index in [-0.39, 0.29) is 35.5 Å². The third-order valence-corrected chi connectivity index (χ3v) is 6.71. The molecule has 5 rings (SSSR count). The van der Waals surface area contributed by atoms with Crippen LogP contribution in [0.5, 0.6) is 0 Å². The number of likely N-dealkylation sites (tertiary alicyclic amines) is 1. The number of nitrogens with one attached hydrogen (secondary N) is 1. The number of hydrogen-bond donors (Lipinski definition) is 1. The fraction of sp³-hybridized carbons (Fsp3) is 0.545. The molecule has 1 unspecified atom stereocenters. The third-order valence-electron chi connectivity index (χ3n) is 6.71. The Labute approximate surface area is 180 Å². The number of carbonyl (C=O) groups is 2. The van der Waals surface area contributed by atoms with Gasteiger partial charge in [0.15, 0.2) is 0 Å². The van der Waals surface area contributed by atoms with Crippen molar-refractivity contribution < 1.29 is 14.0 Å². The summed E-state index contributed by atoms with van der Waals surface area (Å²) in [6.07, 6.45) is 5.07. The predicted octanol–water partition coefficient (Wildman–Crippen LogP) is 1.50. The molecule has 1 atom stereocenters. The molecular weight excluding hydrogens is 398 g/mol. The molecule has 5 heterocycles. The van der Waals surface area contributed by atoms with Crippen LogP contribution in [0.2, 0.25) is 0 Å². The van der Waals surface area contributed by atoms with Crippen molar-refractivity contribution in [1.29, 1.82) is 0 Å². The second kappa shape index (κ2) is 7.25. The highest BCUT2D eigenvalue weighted by atomic mass is 16.3.